The summed E-state index contributed by atoms with van der Waals surface area (Å²) in [5.74, 6) is 1.91. The molecule has 0 saturated heterocycles. The van der Waals surface area contributed by atoms with Gasteiger partial charge in [0.05, 0.1) is 13.2 Å². The van der Waals surface area contributed by atoms with Crippen molar-refractivity contribution in [2.75, 3.05) is 13.2 Å². The highest BCUT2D eigenvalue weighted by Crippen LogP contribution is 2.15. The summed E-state index contributed by atoms with van der Waals surface area (Å²) in [4.78, 5) is 0. The van der Waals surface area contributed by atoms with E-state index in [1.807, 2.05) is 13.0 Å². The van der Waals surface area contributed by atoms with E-state index < -0.39 is 0 Å². The summed E-state index contributed by atoms with van der Waals surface area (Å²) in [6.45, 7) is 13.0. The van der Waals surface area contributed by atoms with Crippen molar-refractivity contribution in [1.82, 2.24) is 5.32 Å². The van der Waals surface area contributed by atoms with Gasteiger partial charge in [0.25, 0.3) is 0 Å². The molecule has 0 saturated carbocycles. The lowest BCUT2D eigenvalue weighted by molar-refractivity contribution is 0.108. The average molecular weight is 237 g/mol. The first-order chi connectivity index (χ1) is 8.13. The van der Waals surface area contributed by atoms with Gasteiger partial charge in [-0.15, -0.1) is 6.58 Å². The second-order valence-corrected chi connectivity index (χ2v) is 4.36. The van der Waals surface area contributed by atoms with Gasteiger partial charge in [0.1, 0.15) is 18.1 Å². The van der Waals surface area contributed by atoms with Crippen LogP contribution in [0.1, 0.15) is 37.4 Å². The molecule has 0 bridgehead atoms. The molecule has 0 aromatic carbocycles. The predicted octanol–water partition coefficient (Wildman–Crippen LogP) is 3.18. The highest BCUT2D eigenvalue weighted by Gasteiger charge is 2.06. The quantitative estimate of drug-likeness (QED) is 0.557. The largest absolute Gasteiger partial charge is 0.462 e. The Morgan fingerprint density at radius 3 is 2.94 bits per heavy atom. The minimum Gasteiger partial charge on any atom is -0.462 e. The summed E-state index contributed by atoms with van der Waals surface area (Å²) in [6.07, 6.45) is 0.907. The normalized spacial score (nSPS) is 10.8. The Morgan fingerprint density at radius 1 is 1.53 bits per heavy atom. The molecule has 0 atom stereocenters. The molecule has 0 amide bonds. The van der Waals surface area contributed by atoms with E-state index in [2.05, 4.69) is 25.7 Å². The maximum absolute atomic E-state index is 5.71. The number of rotatable bonds is 8. The highest BCUT2D eigenvalue weighted by molar-refractivity contribution is 5.19. The van der Waals surface area contributed by atoms with Gasteiger partial charge in [-0.3, -0.25) is 0 Å². The second-order valence-electron chi connectivity index (χ2n) is 4.36. The number of ether oxygens (including phenoxy) is 1. The summed E-state index contributed by atoms with van der Waals surface area (Å²) >= 11 is 0. The molecule has 0 fully saturated rings. The van der Waals surface area contributed by atoms with Crippen LogP contribution in [0.25, 0.3) is 0 Å². The summed E-state index contributed by atoms with van der Waals surface area (Å²) in [5, 5.41) is 3.25. The van der Waals surface area contributed by atoms with Crippen LogP contribution < -0.4 is 5.32 Å². The van der Waals surface area contributed by atoms with E-state index in [1.54, 1.807) is 0 Å². The molecule has 1 heterocycles. The van der Waals surface area contributed by atoms with Gasteiger partial charge >= 0.3 is 0 Å². The highest BCUT2D eigenvalue weighted by atomic mass is 16.5. The van der Waals surface area contributed by atoms with E-state index >= 15 is 0 Å². The van der Waals surface area contributed by atoms with Crippen LogP contribution in [-0.2, 0) is 17.9 Å². The van der Waals surface area contributed by atoms with Crippen LogP contribution in [-0.4, -0.2) is 13.2 Å². The smallest absolute Gasteiger partial charge is 0.130 e. The Balaban J connectivity index is 2.36. The summed E-state index contributed by atoms with van der Waals surface area (Å²) in [6, 6.07) is 2.05. The minimum absolute atomic E-state index is 0.542. The van der Waals surface area contributed by atoms with Gasteiger partial charge in [-0.1, -0.05) is 12.5 Å². The molecule has 0 aliphatic rings. The van der Waals surface area contributed by atoms with Gasteiger partial charge in [-0.05, 0) is 38.4 Å². The molecular formula is C14H23NO2. The van der Waals surface area contributed by atoms with Crippen LogP contribution in [0.4, 0.5) is 0 Å². The summed E-state index contributed by atoms with van der Waals surface area (Å²) < 4.78 is 11.2. The first-order valence-electron chi connectivity index (χ1n) is 6.14. The number of hydrogen-bond donors (Lipinski definition) is 1. The van der Waals surface area contributed by atoms with Crippen LogP contribution >= 0.6 is 0 Å². The Morgan fingerprint density at radius 2 is 2.29 bits per heavy atom. The number of nitrogens with one attached hydrogen (secondary N) is 1. The van der Waals surface area contributed by atoms with E-state index in [9.17, 15) is 0 Å². The maximum Gasteiger partial charge on any atom is 0.130 e. The fraction of sp³-hybridized carbons (Fsp3) is 0.571. The number of aryl methyl sites for hydroxylation is 1. The Kier molecular flexibility index (Phi) is 6.01. The lowest BCUT2D eigenvalue weighted by Gasteiger charge is -2.02. The van der Waals surface area contributed by atoms with Crippen molar-refractivity contribution in [2.45, 2.75) is 40.3 Å². The molecule has 0 spiro atoms. The van der Waals surface area contributed by atoms with E-state index in [-0.39, 0.29) is 0 Å². The molecule has 1 N–H and O–H groups in total. The zero-order valence-corrected chi connectivity index (χ0v) is 11.1. The van der Waals surface area contributed by atoms with Crippen LogP contribution in [0.15, 0.2) is 22.6 Å². The van der Waals surface area contributed by atoms with Crippen LogP contribution in [0, 0.1) is 6.92 Å². The monoisotopic (exact) mass is 237 g/mol. The summed E-state index contributed by atoms with van der Waals surface area (Å²) in [7, 11) is 0. The van der Waals surface area contributed by atoms with Crippen LogP contribution in [0.3, 0.4) is 0 Å². The van der Waals surface area contributed by atoms with Crippen molar-refractivity contribution in [3.63, 3.8) is 0 Å². The SMILES string of the molecule is C=C(C)CCOCc1cc(C)c(CNCC)o1. The molecule has 1 aromatic heterocycles. The maximum atomic E-state index is 5.71. The second kappa shape index (κ2) is 7.30. The molecule has 0 aliphatic carbocycles. The third-order valence-electron chi connectivity index (χ3n) is 2.52. The molecule has 96 valence electrons. The zero-order chi connectivity index (χ0) is 12.7. The lowest BCUT2D eigenvalue weighted by atomic mass is 10.2. The molecule has 0 radical (unpaired) electrons. The fourth-order valence-corrected chi connectivity index (χ4v) is 1.49. The predicted molar refractivity (Wildman–Crippen MR) is 69.9 cm³/mol. The van der Waals surface area contributed by atoms with Crippen molar-refractivity contribution >= 4 is 0 Å². The number of furan rings is 1. The van der Waals surface area contributed by atoms with E-state index in [1.165, 1.54) is 5.56 Å². The van der Waals surface area contributed by atoms with Gasteiger partial charge in [-0.2, -0.15) is 0 Å². The van der Waals surface area contributed by atoms with Crippen LogP contribution in [0.2, 0.25) is 0 Å². The zero-order valence-electron chi connectivity index (χ0n) is 11.1. The van der Waals surface area contributed by atoms with Crippen molar-refractivity contribution in [2.24, 2.45) is 0 Å². The topological polar surface area (TPSA) is 34.4 Å². The average Bonchev–Trinajstić information content (AvgIpc) is 2.62. The van der Waals surface area contributed by atoms with Crippen LogP contribution in [0.5, 0.6) is 0 Å². The molecule has 3 heteroatoms. The Bertz CT molecular complexity index is 355. The molecule has 0 unspecified atom stereocenters. The molecule has 1 aromatic rings. The van der Waals surface area contributed by atoms with Crippen molar-refractivity contribution in [3.8, 4) is 0 Å². The first-order valence-corrected chi connectivity index (χ1v) is 6.14. The molecule has 17 heavy (non-hydrogen) atoms. The van der Waals surface area contributed by atoms with E-state index in [0.717, 1.165) is 36.6 Å². The molecular weight excluding hydrogens is 214 g/mol. The van der Waals surface area contributed by atoms with Crippen molar-refractivity contribution in [1.29, 1.82) is 0 Å². The fourth-order valence-electron chi connectivity index (χ4n) is 1.49. The van der Waals surface area contributed by atoms with Gasteiger partial charge in [0.2, 0.25) is 0 Å². The van der Waals surface area contributed by atoms with Gasteiger partial charge < -0.3 is 14.5 Å². The van der Waals surface area contributed by atoms with Crippen molar-refractivity contribution in [3.05, 3.63) is 35.3 Å². The number of hydrogen-bond acceptors (Lipinski definition) is 3. The van der Waals surface area contributed by atoms with Gasteiger partial charge in [0, 0.05) is 0 Å². The Labute approximate surface area is 104 Å². The third-order valence-corrected chi connectivity index (χ3v) is 2.52. The van der Waals surface area contributed by atoms with Gasteiger partial charge in [-0.25, -0.2) is 0 Å². The lowest BCUT2D eigenvalue weighted by Crippen LogP contribution is -2.11. The first kappa shape index (κ1) is 14.0. The minimum atomic E-state index is 0.542. The third kappa shape index (κ3) is 5.20. The van der Waals surface area contributed by atoms with E-state index in [0.29, 0.717) is 13.2 Å². The molecule has 0 aliphatic heterocycles. The summed E-state index contributed by atoms with van der Waals surface area (Å²) in [5.41, 5.74) is 2.33. The van der Waals surface area contributed by atoms with Gasteiger partial charge in [0.15, 0.2) is 0 Å². The Hall–Kier alpha value is -1.06. The standard InChI is InChI=1S/C14H23NO2/c1-5-15-9-14-12(4)8-13(17-14)10-16-7-6-11(2)3/h8,15H,2,5-7,9-10H2,1,3-4H3. The molecule has 1 rings (SSSR count). The van der Waals surface area contributed by atoms with Crippen molar-refractivity contribution < 1.29 is 9.15 Å². The molecule has 3 nitrogen and oxygen atoms in total. The van der Waals surface area contributed by atoms with E-state index in [4.69, 9.17) is 9.15 Å².